The fourth-order valence-corrected chi connectivity index (χ4v) is 8.56. The van der Waals surface area contributed by atoms with Gasteiger partial charge in [0.1, 0.15) is 18.3 Å². The van der Waals surface area contributed by atoms with Crippen LogP contribution >= 0.6 is 0 Å². The van der Waals surface area contributed by atoms with Crippen molar-refractivity contribution in [2.75, 3.05) is 6.61 Å². The van der Waals surface area contributed by atoms with Crippen LogP contribution in [0.1, 0.15) is 72.1 Å². The zero-order valence-electron chi connectivity index (χ0n) is 19.9. The lowest BCUT2D eigenvalue weighted by molar-refractivity contribution is -0.214. The molecule has 1 N–H and O–H groups in total. The zero-order valence-corrected chi connectivity index (χ0v) is 19.9. The van der Waals surface area contributed by atoms with Gasteiger partial charge < -0.3 is 19.3 Å². The first-order valence-electron chi connectivity index (χ1n) is 12.9. The number of hydrogen-bond acceptors (Lipinski definition) is 7. The van der Waals surface area contributed by atoms with E-state index in [1.165, 1.54) is 6.42 Å². The van der Waals surface area contributed by atoms with Gasteiger partial charge in [-0.25, -0.2) is 0 Å². The van der Waals surface area contributed by atoms with Crippen LogP contribution in [-0.2, 0) is 28.6 Å². The summed E-state index contributed by atoms with van der Waals surface area (Å²) in [6.45, 7) is 5.70. The van der Waals surface area contributed by atoms with Crippen molar-refractivity contribution in [1.82, 2.24) is 0 Å². The molecule has 0 spiro atoms. The molecular weight excluding hydrogens is 424 g/mol. The summed E-state index contributed by atoms with van der Waals surface area (Å²) in [5.41, 5.74) is -2.73. The minimum atomic E-state index is -1.32. The molecule has 6 unspecified atom stereocenters. The van der Waals surface area contributed by atoms with E-state index in [1.807, 2.05) is 6.92 Å². The summed E-state index contributed by atoms with van der Waals surface area (Å²) in [5, 5.41) is 10.3. The summed E-state index contributed by atoms with van der Waals surface area (Å²) >= 11 is 0. The fraction of sp³-hybridized carbons (Fsp3) is 0.885. The molecule has 0 aromatic rings. The summed E-state index contributed by atoms with van der Waals surface area (Å²) in [4.78, 5) is 39.3. The molecule has 1 aliphatic heterocycles. The van der Waals surface area contributed by atoms with Gasteiger partial charge in [0, 0.05) is 5.92 Å². The molecule has 0 amide bonds. The van der Waals surface area contributed by atoms with Crippen molar-refractivity contribution in [1.29, 1.82) is 0 Å². The van der Waals surface area contributed by atoms with Gasteiger partial charge in [0.2, 0.25) is 0 Å². The molecule has 7 rings (SSSR count). The highest BCUT2D eigenvalue weighted by molar-refractivity contribution is 6.03. The predicted molar refractivity (Wildman–Crippen MR) is 115 cm³/mol. The largest absolute Gasteiger partial charge is 0.464 e. The summed E-state index contributed by atoms with van der Waals surface area (Å²) in [7, 11) is 0. The molecule has 7 aliphatic rings. The van der Waals surface area contributed by atoms with Crippen LogP contribution in [0.5, 0.6) is 0 Å². The Bertz CT molecular complexity index is 869. The first-order chi connectivity index (χ1) is 15.6. The fourth-order valence-electron chi connectivity index (χ4n) is 8.56. The van der Waals surface area contributed by atoms with Gasteiger partial charge in [-0.1, -0.05) is 6.92 Å². The molecule has 1 saturated heterocycles. The summed E-state index contributed by atoms with van der Waals surface area (Å²) < 4.78 is 17.4. The van der Waals surface area contributed by atoms with Gasteiger partial charge in [-0.3, -0.25) is 14.4 Å². The Morgan fingerprint density at radius 3 is 2.33 bits per heavy atom. The first-order valence-corrected chi connectivity index (χ1v) is 12.9. The lowest BCUT2D eigenvalue weighted by Crippen LogP contribution is -2.59. The summed E-state index contributed by atoms with van der Waals surface area (Å²) in [6.07, 6.45) is 5.97. The molecule has 6 aliphatic carbocycles. The number of carbonyl (C=O) groups excluding carboxylic acids is 3. The number of fused-ring (bicyclic) bond motifs is 1. The second-order valence-corrected chi connectivity index (χ2v) is 12.5. The van der Waals surface area contributed by atoms with Crippen LogP contribution < -0.4 is 0 Å². The van der Waals surface area contributed by atoms with Crippen LogP contribution in [0, 0.1) is 46.3 Å². The molecule has 0 aromatic heterocycles. The zero-order chi connectivity index (χ0) is 23.3. The van der Waals surface area contributed by atoms with E-state index in [1.54, 1.807) is 6.92 Å². The Kier molecular flexibility index (Phi) is 4.61. The standard InChI is InChI=1S/C26H36O7/c1-4-24(2,21(28)33-25(3)16-6-13-5-14(8-16)9-17(25)7-13)12-31-22(29)26-11-15-10-18(26)20(19(15)27)32-23(26)30/h13-20,27H,4-12H2,1-3H3. The first kappa shape index (κ1) is 21.9. The van der Waals surface area contributed by atoms with Crippen molar-refractivity contribution in [2.24, 2.45) is 46.3 Å². The average molecular weight is 461 g/mol. The predicted octanol–water partition coefficient (Wildman–Crippen LogP) is 3.02. The van der Waals surface area contributed by atoms with E-state index in [0.717, 1.165) is 37.5 Å². The third-order valence-corrected chi connectivity index (χ3v) is 10.8. The lowest BCUT2D eigenvalue weighted by atomic mass is 9.50. The third-order valence-electron chi connectivity index (χ3n) is 10.8. The highest BCUT2D eigenvalue weighted by Crippen LogP contribution is 2.62. The highest BCUT2D eigenvalue weighted by atomic mass is 16.6. The van der Waals surface area contributed by atoms with Crippen molar-refractivity contribution in [2.45, 2.75) is 89.9 Å². The Labute approximate surface area is 194 Å². The van der Waals surface area contributed by atoms with Gasteiger partial charge in [-0.05, 0) is 94.8 Å². The highest BCUT2D eigenvalue weighted by Gasteiger charge is 2.74. The monoisotopic (exact) mass is 460 g/mol. The van der Waals surface area contributed by atoms with Crippen LogP contribution in [-0.4, -0.2) is 47.4 Å². The van der Waals surface area contributed by atoms with Gasteiger partial charge >= 0.3 is 17.9 Å². The van der Waals surface area contributed by atoms with Gasteiger partial charge in [-0.15, -0.1) is 0 Å². The van der Waals surface area contributed by atoms with Crippen molar-refractivity contribution < 1.29 is 33.7 Å². The van der Waals surface area contributed by atoms with E-state index in [9.17, 15) is 19.5 Å². The van der Waals surface area contributed by atoms with E-state index in [-0.39, 0.29) is 30.8 Å². The Hall–Kier alpha value is -1.63. The van der Waals surface area contributed by atoms with Crippen molar-refractivity contribution >= 4 is 17.9 Å². The number of aliphatic hydroxyl groups excluding tert-OH is 1. The molecule has 0 radical (unpaired) electrons. The molecular formula is C26H36O7. The van der Waals surface area contributed by atoms with Gasteiger partial charge in [0.15, 0.2) is 5.41 Å². The smallest absolute Gasteiger partial charge is 0.324 e. The number of rotatable bonds is 6. The van der Waals surface area contributed by atoms with Crippen LogP contribution in [0.15, 0.2) is 0 Å². The molecule has 7 nitrogen and oxygen atoms in total. The van der Waals surface area contributed by atoms with Crippen LogP contribution in [0.3, 0.4) is 0 Å². The van der Waals surface area contributed by atoms with Crippen LogP contribution in [0.2, 0.25) is 0 Å². The molecule has 7 fully saturated rings. The maximum Gasteiger partial charge on any atom is 0.324 e. The molecule has 182 valence electrons. The number of aliphatic hydroxyl groups is 1. The number of carbonyl (C=O) groups is 3. The molecule has 6 bridgehead atoms. The summed E-state index contributed by atoms with van der Waals surface area (Å²) in [5.74, 6) is 0.478. The van der Waals surface area contributed by atoms with Gasteiger partial charge in [0.05, 0.1) is 11.5 Å². The quantitative estimate of drug-likeness (QED) is 0.369. The SMILES string of the molecule is CCC(C)(COC(=O)C12CC3CC1C(OC2=O)C3O)C(=O)OC1(C)C2CC3CC(C2)CC1C3. The van der Waals surface area contributed by atoms with Gasteiger partial charge in [-0.2, -0.15) is 0 Å². The topological polar surface area (TPSA) is 99.1 Å². The molecule has 1 heterocycles. The average Bonchev–Trinajstić information content (AvgIpc) is 3.38. The van der Waals surface area contributed by atoms with Crippen molar-refractivity contribution in [3.05, 3.63) is 0 Å². The van der Waals surface area contributed by atoms with Crippen molar-refractivity contribution in [3.63, 3.8) is 0 Å². The van der Waals surface area contributed by atoms with E-state index < -0.39 is 40.6 Å². The second kappa shape index (κ2) is 6.96. The molecule has 33 heavy (non-hydrogen) atoms. The minimum absolute atomic E-state index is 0.113. The molecule has 7 heteroatoms. The van der Waals surface area contributed by atoms with Crippen LogP contribution in [0.4, 0.5) is 0 Å². The van der Waals surface area contributed by atoms with Crippen molar-refractivity contribution in [3.8, 4) is 0 Å². The Balaban J connectivity index is 1.15. The number of hydrogen-bond donors (Lipinski definition) is 1. The summed E-state index contributed by atoms with van der Waals surface area (Å²) in [6, 6.07) is 0. The van der Waals surface area contributed by atoms with E-state index in [2.05, 4.69) is 6.92 Å². The minimum Gasteiger partial charge on any atom is -0.464 e. The number of ether oxygens (including phenoxy) is 3. The Morgan fingerprint density at radius 1 is 1.12 bits per heavy atom. The van der Waals surface area contributed by atoms with Crippen LogP contribution in [0.25, 0.3) is 0 Å². The second-order valence-electron chi connectivity index (χ2n) is 12.5. The molecule has 6 atom stereocenters. The van der Waals surface area contributed by atoms with E-state index in [0.29, 0.717) is 24.7 Å². The van der Waals surface area contributed by atoms with Gasteiger partial charge in [0.25, 0.3) is 0 Å². The third kappa shape index (κ3) is 2.80. The van der Waals surface area contributed by atoms with E-state index >= 15 is 0 Å². The maximum absolute atomic E-state index is 13.5. The molecule has 0 aromatic carbocycles. The lowest BCUT2D eigenvalue weighted by Gasteiger charge is -2.59. The number of esters is 3. The maximum atomic E-state index is 13.5. The van der Waals surface area contributed by atoms with E-state index in [4.69, 9.17) is 14.2 Å². The molecule has 6 saturated carbocycles. The Morgan fingerprint density at radius 2 is 1.76 bits per heavy atom. The normalized spacial score (nSPS) is 50.2.